The van der Waals surface area contributed by atoms with E-state index in [0.29, 0.717) is 17.6 Å². The summed E-state index contributed by atoms with van der Waals surface area (Å²) < 4.78 is 1.89. The Bertz CT molecular complexity index is 958. The van der Waals surface area contributed by atoms with Crippen LogP contribution in [0.5, 0.6) is 0 Å². The van der Waals surface area contributed by atoms with Crippen LogP contribution < -0.4 is 9.80 Å². The summed E-state index contributed by atoms with van der Waals surface area (Å²) in [4.78, 5) is 13.5. The van der Waals surface area contributed by atoms with E-state index in [1.54, 1.807) is 24.8 Å². The highest BCUT2D eigenvalue weighted by Crippen LogP contribution is 2.37. The van der Waals surface area contributed by atoms with Gasteiger partial charge in [0, 0.05) is 31.7 Å². The standard InChI is InChI=1S/C16H14N8/c17-7-11-2-1-3-18-14(11)23-8-13-6-12(23)9-24(13)15-16-21-20-10-22(16)5-4-19-15/h1-5,10,12-13H,6,8-9H2. The lowest BCUT2D eigenvalue weighted by Crippen LogP contribution is -2.47. The third-order valence-electron chi connectivity index (χ3n) is 4.89. The van der Waals surface area contributed by atoms with Gasteiger partial charge in [-0.2, -0.15) is 5.26 Å². The Morgan fingerprint density at radius 2 is 1.88 bits per heavy atom. The second kappa shape index (κ2) is 4.89. The maximum atomic E-state index is 9.32. The molecule has 2 bridgehead atoms. The molecule has 5 heterocycles. The lowest BCUT2D eigenvalue weighted by Gasteiger charge is -2.35. The van der Waals surface area contributed by atoms with Crippen molar-refractivity contribution in [2.24, 2.45) is 0 Å². The molecular weight excluding hydrogens is 304 g/mol. The number of piperazine rings is 1. The number of pyridine rings is 1. The molecule has 0 saturated carbocycles. The topological polar surface area (TPSA) is 86.2 Å². The Morgan fingerprint density at radius 3 is 2.67 bits per heavy atom. The number of nitrogens with zero attached hydrogens (tertiary/aromatic N) is 8. The maximum Gasteiger partial charge on any atom is 0.203 e. The molecule has 3 aromatic heterocycles. The third-order valence-corrected chi connectivity index (χ3v) is 4.89. The van der Waals surface area contributed by atoms with E-state index in [-0.39, 0.29) is 0 Å². The van der Waals surface area contributed by atoms with Gasteiger partial charge in [0.15, 0.2) is 5.82 Å². The lowest BCUT2D eigenvalue weighted by molar-refractivity contribution is 0.635. The summed E-state index contributed by atoms with van der Waals surface area (Å²) in [6.45, 7) is 1.69. The number of rotatable bonds is 2. The van der Waals surface area contributed by atoms with Crippen LogP contribution in [-0.4, -0.2) is 49.7 Å². The van der Waals surface area contributed by atoms with Gasteiger partial charge in [-0.3, -0.25) is 4.40 Å². The van der Waals surface area contributed by atoms with Crippen LogP contribution in [0.1, 0.15) is 12.0 Å². The van der Waals surface area contributed by atoms with Crippen molar-refractivity contribution in [3.63, 3.8) is 0 Å². The summed E-state index contributed by atoms with van der Waals surface area (Å²) in [5.41, 5.74) is 1.42. The third kappa shape index (κ3) is 1.78. The summed E-state index contributed by atoms with van der Waals surface area (Å²) >= 11 is 0. The summed E-state index contributed by atoms with van der Waals surface area (Å²) in [6.07, 6.45) is 8.11. The van der Waals surface area contributed by atoms with E-state index in [9.17, 15) is 5.26 Å². The molecule has 3 aromatic rings. The van der Waals surface area contributed by atoms with Crippen LogP contribution in [0.4, 0.5) is 11.6 Å². The fraction of sp³-hybridized carbons (Fsp3) is 0.312. The molecule has 0 aromatic carbocycles. The van der Waals surface area contributed by atoms with Crippen molar-refractivity contribution in [3.8, 4) is 6.07 Å². The highest BCUT2D eigenvalue weighted by Gasteiger charge is 2.45. The van der Waals surface area contributed by atoms with Crippen LogP contribution in [0, 0.1) is 11.3 Å². The molecule has 2 aliphatic heterocycles. The van der Waals surface area contributed by atoms with Crippen molar-refractivity contribution in [3.05, 3.63) is 42.6 Å². The first-order valence-electron chi connectivity index (χ1n) is 7.88. The van der Waals surface area contributed by atoms with Gasteiger partial charge >= 0.3 is 0 Å². The molecule has 0 radical (unpaired) electrons. The molecule has 2 unspecified atom stereocenters. The van der Waals surface area contributed by atoms with Gasteiger partial charge in [0.25, 0.3) is 0 Å². The minimum Gasteiger partial charge on any atom is -0.349 e. The molecular formula is C16H14N8. The molecule has 8 nitrogen and oxygen atoms in total. The Labute approximate surface area is 138 Å². The van der Waals surface area contributed by atoms with E-state index < -0.39 is 0 Å². The van der Waals surface area contributed by atoms with Gasteiger partial charge in [0.05, 0.1) is 17.6 Å². The molecule has 118 valence electrons. The van der Waals surface area contributed by atoms with Crippen LogP contribution in [0.25, 0.3) is 5.65 Å². The number of hydrogen-bond donors (Lipinski definition) is 0. The van der Waals surface area contributed by atoms with Gasteiger partial charge in [-0.05, 0) is 18.6 Å². The molecule has 2 saturated heterocycles. The van der Waals surface area contributed by atoms with E-state index >= 15 is 0 Å². The van der Waals surface area contributed by atoms with Crippen molar-refractivity contribution in [2.75, 3.05) is 22.9 Å². The van der Waals surface area contributed by atoms with Gasteiger partial charge in [-0.1, -0.05) is 0 Å². The number of anilines is 2. The number of hydrogen-bond acceptors (Lipinski definition) is 7. The van der Waals surface area contributed by atoms with Gasteiger partial charge in [0.2, 0.25) is 5.65 Å². The molecule has 0 N–H and O–H groups in total. The fourth-order valence-corrected chi connectivity index (χ4v) is 3.85. The molecule has 5 rings (SSSR count). The lowest BCUT2D eigenvalue weighted by atomic mass is 10.2. The van der Waals surface area contributed by atoms with Crippen LogP contribution >= 0.6 is 0 Å². The summed E-state index contributed by atoms with van der Waals surface area (Å²) in [5.74, 6) is 1.67. The zero-order valence-electron chi connectivity index (χ0n) is 12.8. The average Bonchev–Trinajstić information content (AvgIpc) is 3.35. The van der Waals surface area contributed by atoms with Gasteiger partial charge < -0.3 is 9.80 Å². The normalized spacial score (nSPS) is 22.3. The average molecular weight is 318 g/mol. The van der Waals surface area contributed by atoms with E-state index in [1.807, 2.05) is 16.7 Å². The molecule has 0 spiro atoms. The highest BCUT2D eigenvalue weighted by molar-refractivity contribution is 5.67. The Balaban J connectivity index is 1.47. The fourth-order valence-electron chi connectivity index (χ4n) is 3.85. The first-order chi connectivity index (χ1) is 11.8. The van der Waals surface area contributed by atoms with Gasteiger partial charge in [-0.15, -0.1) is 10.2 Å². The molecule has 2 fully saturated rings. The molecule has 2 aliphatic rings. The van der Waals surface area contributed by atoms with Crippen LogP contribution in [0.3, 0.4) is 0 Å². The monoisotopic (exact) mass is 318 g/mol. The van der Waals surface area contributed by atoms with E-state index in [2.05, 4.69) is 36.0 Å². The number of nitriles is 1. The maximum absolute atomic E-state index is 9.32. The summed E-state index contributed by atoms with van der Waals surface area (Å²) in [7, 11) is 0. The van der Waals surface area contributed by atoms with Gasteiger partial charge in [-0.25, -0.2) is 9.97 Å². The second-order valence-corrected chi connectivity index (χ2v) is 6.15. The Morgan fingerprint density at radius 1 is 1.08 bits per heavy atom. The Hall–Kier alpha value is -3.21. The SMILES string of the molecule is N#Cc1cccnc1N1CC2CC1CN2c1nccn2cnnc12. The number of fused-ring (bicyclic) bond motifs is 3. The highest BCUT2D eigenvalue weighted by atomic mass is 15.4. The first kappa shape index (κ1) is 13.2. The second-order valence-electron chi connectivity index (χ2n) is 6.15. The van der Waals surface area contributed by atoms with Crippen LogP contribution in [0.15, 0.2) is 37.1 Å². The molecule has 2 atom stereocenters. The number of aromatic nitrogens is 5. The zero-order chi connectivity index (χ0) is 16.1. The minimum atomic E-state index is 0.335. The van der Waals surface area contributed by atoms with Gasteiger partial charge in [0.1, 0.15) is 18.2 Å². The zero-order valence-corrected chi connectivity index (χ0v) is 12.8. The van der Waals surface area contributed by atoms with E-state index in [4.69, 9.17) is 0 Å². The van der Waals surface area contributed by atoms with E-state index in [0.717, 1.165) is 36.8 Å². The molecule has 8 heteroatoms. The minimum absolute atomic E-state index is 0.335. The summed E-state index contributed by atoms with van der Waals surface area (Å²) in [5, 5.41) is 17.5. The smallest absolute Gasteiger partial charge is 0.203 e. The summed E-state index contributed by atoms with van der Waals surface area (Å²) in [6, 6.07) is 6.55. The molecule has 24 heavy (non-hydrogen) atoms. The largest absolute Gasteiger partial charge is 0.349 e. The molecule has 0 aliphatic carbocycles. The van der Waals surface area contributed by atoms with Crippen LogP contribution in [0.2, 0.25) is 0 Å². The van der Waals surface area contributed by atoms with Crippen molar-refractivity contribution in [2.45, 2.75) is 18.5 Å². The van der Waals surface area contributed by atoms with Crippen molar-refractivity contribution in [1.29, 1.82) is 5.26 Å². The predicted molar refractivity (Wildman–Crippen MR) is 86.6 cm³/mol. The predicted octanol–water partition coefficient (Wildman–Crippen LogP) is 0.858. The molecule has 0 amide bonds. The van der Waals surface area contributed by atoms with Crippen molar-refractivity contribution < 1.29 is 0 Å². The quantitative estimate of drug-likeness (QED) is 0.692. The van der Waals surface area contributed by atoms with E-state index in [1.165, 1.54) is 0 Å². The van der Waals surface area contributed by atoms with Crippen LogP contribution in [-0.2, 0) is 0 Å². The van der Waals surface area contributed by atoms with Crippen molar-refractivity contribution in [1.82, 2.24) is 24.6 Å². The van der Waals surface area contributed by atoms with Crippen molar-refractivity contribution >= 4 is 17.3 Å². The Kier molecular flexibility index (Phi) is 2.70. The first-order valence-corrected chi connectivity index (χ1v) is 7.88.